The number of aryl methyl sites for hydroxylation is 2. The zero-order valence-electron chi connectivity index (χ0n) is 22.9. The van der Waals surface area contributed by atoms with Gasteiger partial charge in [-0.05, 0) is 70.0 Å². The Morgan fingerprint density at radius 3 is 2.33 bits per heavy atom. The highest BCUT2D eigenvalue weighted by atomic mass is 32.2. The molecule has 212 valence electrons. The van der Waals surface area contributed by atoms with E-state index >= 15 is 0 Å². The molecule has 0 spiro atoms. The third kappa shape index (κ3) is 7.62. The number of ketones is 1. The summed E-state index contributed by atoms with van der Waals surface area (Å²) in [5, 5.41) is 9.50. The Labute approximate surface area is 237 Å². The molecule has 0 radical (unpaired) electrons. The highest BCUT2D eigenvalue weighted by Gasteiger charge is 2.36. The molecule has 1 aliphatic rings. The Kier molecular flexibility index (Phi) is 9.81. The highest BCUT2D eigenvalue weighted by molar-refractivity contribution is 8.00. The summed E-state index contributed by atoms with van der Waals surface area (Å²) >= 11 is 1.11. The van der Waals surface area contributed by atoms with Crippen molar-refractivity contribution in [3.63, 3.8) is 0 Å². The second-order valence-corrected chi connectivity index (χ2v) is 10.9. The van der Waals surface area contributed by atoms with Gasteiger partial charge in [0, 0.05) is 23.4 Å². The zero-order valence-corrected chi connectivity index (χ0v) is 23.7. The number of carbonyl (C=O) groups excluding carboxylic acids is 4. The molecule has 4 rings (SSSR count). The van der Waals surface area contributed by atoms with E-state index in [9.17, 15) is 19.2 Å². The van der Waals surface area contributed by atoms with E-state index < -0.39 is 6.04 Å². The van der Waals surface area contributed by atoms with Crippen molar-refractivity contribution < 1.29 is 28.1 Å². The number of rotatable bonds is 11. The van der Waals surface area contributed by atoms with Crippen LogP contribution >= 0.6 is 11.8 Å². The summed E-state index contributed by atoms with van der Waals surface area (Å²) in [7, 11) is 0. The minimum absolute atomic E-state index is 0.00639. The third-order valence-corrected chi connectivity index (χ3v) is 7.58. The monoisotopic (exact) mass is 566 g/mol. The molecule has 40 heavy (non-hydrogen) atoms. The van der Waals surface area contributed by atoms with Gasteiger partial charge in [0.05, 0.1) is 11.5 Å². The molecule has 1 atom stereocenters. The summed E-state index contributed by atoms with van der Waals surface area (Å²) in [6.07, 6.45) is 4.98. The van der Waals surface area contributed by atoms with Gasteiger partial charge in [-0.15, -0.1) is 11.8 Å². The summed E-state index contributed by atoms with van der Waals surface area (Å²) in [6, 6.07) is 10.6. The molecule has 3 aromatic rings. The Hall–Kier alpha value is -3.86. The van der Waals surface area contributed by atoms with Crippen LogP contribution in [0, 0.1) is 13.8 Å². The summed E-state index contributed by atoms with van der Waals surface area (Å²) < 4.78 is 10.8. The Balaban J connectivity index is 1.57. The van der Waals surface area contributed by atoms with Gasteiger partial charge in [-0.1, -0.05) is 24.4 Å². The van der Waals surface area contributed by atoms with Crippen LogP contribution in [-0.4, -0.2) is 46.2 Å². The number of Topliss-reactive ketones (excluding diaryl/α,β-unsaturated/α-hetero) is 1. The van der Waals surface area contributed by atoms with Crippen molar-refractivity contribution >= 4 is 46.8 Å². The van der Waals surface area contributed by atoms with Gasteiger partial charge < -0.3 is 19.6 Å². The number of nitrogens with one attached hydrogen (secondary N) is 2. The number of hydrogen-bond donors (Lipinski definition) is 2. The maximum Gasteiger partial charge on any atom is 0.251 e. The van der Waals surface area contributed by atoms with E-state index in [1.54, 1.807) is 56.3 Å². The highest BCUT2D eigenvalue weighted by Crippen LogP contribution is 2.31. The summed E-state index contributed by atoms with van der Waals surface area (Å²) in [5.41, 5.74) is 0.929. The van der Waals surface area contributed by atoms with Gasteiger partial charge in [-0.3, -0.25) is 24.1 Å². The van der Waals surface area contributed by atoms with Crippen LogP contribution in [0.15, 0.2) is 51.4 Å². The summed E-state index contributed by atoms with van der Waals surface area (Å²) in [6.45, 7) is 4.96. The van der Waals surface area contributed by atoms with E-state index in [2.05, 4.69) is 15.8 Å². The van der Waals surface area contributed by atoms with Crippen molar-refractivity contribution in [3.8, 4) is 0 Å². The number of thioether (sulfide) groups is 1. The molecule has 1 fully saturated rings. The summed E-state index contributed by atoms with van der Waals surface area (Å²) in [5.74, 6) is 0.554. The van der Waals surface area contributed by atoms with E-state index in [4.69, 9.17) is 8.94 Å². The molecule has 10 nitrogen and oxygen atoms in total. The maximum absolute atomic E-state index is 13.8. The van der Waals surface area contributed by atoms with Crippen LogP contribution in [0.2, 0.25) is 0 Å². The fourth-order valence-corrected chi connectivity index (χ4v) is 5.37. The molecule has 2 aromatic heterocycles. The van der Waals surface area contributed by atoms with Crippen LogP contribution in [0.1, 0.15) is 72.7 Å². The quantitative estimate of drug-likeness (QED) is 0.310. The predicted molar refractivity (Wildman–Crippen MR) is 152 cm³/mol. The maximum atomic E-state index is 13.8. The Bertz CT molecular complexity index is 1340. The molecule has 0 aliphatic heterocycles. The lowest BCUT2D eigenvalue weighted by atomic mass is 9.95. The Morgan fingerprint density at radius 1 is 1.00 bits per heavy atom. The molecule has 0 bridgehead atoms. The van der Waals surface area contributed by atoms with Gasteiger partial charge in [0.15, 0.2) is 17.6 Å². The van der Waals surface area contributed by atoms with E-state index in [0.29, 0.717) is 34.3 Å². The summed E-state index contributed by atoms with van der Waals surface area (Å²) in [4.78, 5) is 53.2. The molecule has 2 N–H and O–H groups in total. The molecule has 3 amide bonds. The number of hydrogen-bond acceptors (Lipinski definition) is 8. The first-order valence-electron chi connectivity index (χ1n) is 13.3. The largest absolute Gasteiger partial charge is 0.464 e. The average molecular weight is 567 g/mol. The molecule has 1 aliphatic carbocycles. The molecule has 1 aromatic carbocycles. The second kappa shape index (κ2) is 13.5. The molecular weight excluding hydrogens is 532 g/mol. The SMILES string of the molecule is CC(=O)c1ccc(N(C(=O)CSCC(=O)Nc2cc(C)on2)[C@@H](C(=O)NC2CCCCC2)c2ccc(C)o2)cc1. The molecule has 0 unspecified atom stereocenters. The van der Waals surface area contributed by atoms with Gasteiger partial charge >= 0.3 is 0 Å². The number of carbonyl (C=O) groups is 4. The number of nitrogens with zero attached hydrogens (tertiary/aromatic N) is 2. The van der Waals surface area contributed by atoms with Gasteiger partial charge in [0.2, 0.25) is 11.8 Å². The lowest BCUT2D eigenvalue weighted by Gasteiger charge is -2.32. The average Bonchev–Trinajstić information content (AvgIpc) is 3.54. The van der Waals surface area contributed by atoms with Gasteiger partial charge in [-0.2, -0.15) is 0 Å². The fourth-order valence-electron chi connectivity index (χ4n) is 4.70. The van der Waals surface area contributed by atoms with Crippen LogP contribution in [0.3, 0.4) is 0 Å². The lowest BCUT2D eigenvalue weighted by Crippen LogP contribution is -2.47. The number of anilines is 2. The number of benzene rings is 1. The normalized spacial score (nSPS) is 14.4. The van der Waals surface area contributed by atoms with Gasteiger partial charge in [0.25, 0.3) is 5.91 Å². The van der Waals surface area contributed by atoms with Crippen LogP contribution in [0.4, 0.5) is 11.5 Å². The second-order valence-electron chi connectivity index (χ2n) is 9.93. The number of furan rings is 1. The van der Waals surface area contributed by atoms with Crippen LogP contribution in [0.5, 0.6) is 0 Å². The number of amides is 3. The molecular formula is C29H34N4O6S. The zero-order chi connectivity index (χ0) is 28.6. The lowest BCUT2D eigenvalue weighted by molar-refractivity contribution is -0.127. The first kappa shape index (κ1) is 29.1. The van der Waals surface area contributed by atoms with Crippen molar-refractivity contribution in [2.45, 2.75) is 65.0 Å². The standard InChI is InChI=1S/C29H34N4O6S/c1-18-9-14-24(38-18)28(29(37)30-22-7-5-4-6-8-22)33(23-12-10-21(11-13-23)20(3)34)27(36)17-40-16-26(35)31-25-15-19(2)39-32-25/h9-15,22,28H,4-8,16-17H2,1-3H3,(H,30,37)(H,31,32,35)/t28-/m1/s1. The molecule has 1 saturated carbocycles. The van der Waals surface area contributed by atoms with Crippen LogP contribution in [-0.2, 0) is 14.4 Å². The topological polar surface area (TPSA) is 135 Å². The van der Waals surface area contributed by atoms with Crippen molar-refractivity contribution in [1.29, 1.82) is 0 Å². The van der Waals surface area contributed by atoms with Crippen molar-refractivity contribution in [2.24, 2.45) is 0 Å². The van der Waals surface area contributed by atoms with Crippen LogP contribution < -0.4 is 15.5 Å². The minimum atomic E-state index is -1.07. The Morgan fingerprint density at radius 2 is 1.73 bits per heavy atom. The molecule has 0 saturated heterocycles. The van der Waals surface area contributed by atoms with E-state index in [0.717, 1.165) is 43.9 Å². The van der Waals surface area contributed by atoms with E-state index in [1.807, 2.05) is 0 Å². The van der Waals surface area contributed by atoms with Crippen molar-refractivity contribution in [1.82, 2.24) is 10.5 Å². The molecule has 2 heterocycles. The number of aromatic nitrogens is 1. The smallest absolute Gasteiger partial charge is 0.251 e. The minimum Gasteiger partial charge on any atom is -0.464 e. The van der Waals surface area contributed by atoms with E-state index in [1.165, 1.54) is 11.8 Å². The van der Waals surface area contributed by atoms with Crippen molar-refractivity contribution in [2.75, 3.05) is 21.7 Å². The first-order chi connectivity index (χ1) is 19.2. The van der Waals surface area contributed by atoms with Crippen LogP contribution in [0.25, 0.3) is 0 Å². The third-order valence-electron chi connectivity index (χ3n) is 6.66. The first-order valence-corrected chi connectivity index (χ1v) is 14.5. The van der Waals surface area contributed by atoms with E-state index in [-0.39, 0.29) is 41.1 Å². The predicted octanol–water partition coefficient (Wildman–Crippen LogP) is 4.98. The molecule has 11 heteroatoms. The van der Waals surface area contributed by atoms with Crippen molar-refractivity contribution in [3.05, 3.63) is 65.3 Å². The fraction of sp³-hybridized carbons (Fsp3) is 0.414. The van der Waals surface area contributed by atoms with Gasteiger partial charge in [0.1, 0.15) is 17.3 Å². The van der Waals surface area contributed by atoms with Gasteiger partial charge in [-0.25, -0.2) is 0 Å².